The van der Waals surface area contributed by atoms with Gasteiger partial charge in [-0.05, 0) is 18.2 Å². The van der Waals surface area contributed by atoms with Gasteiger partial charge in [-0.2, -0.15) is 0 Å². The molecule has 0 atom stereocenters. The van der Waals surface area contributed by atoms with E-state index in [9.17, 15) is 4.39 Å². The van der Waals surface area contributed by atoms with Gasteiger partial charge in [-0.3, -0.25) is 0 Å². The van der Waals surface area contributed by atoms with E-state index in [1.54, 1.807) is 0 Å². The van der Waals surface area contributed by atoms with Gasteiger partial charge in [0.25, 0.3) is 0 Å². The normalized spacial score (nSPS) is 9.73. The highest BCUT2D eigenvalue weighted by Gasteiger charge is 2.00. The van der Waals surface area contributed by atoms with Crippen LogP contribution in [0.1, 0.15) is 5.56 Å². The fraction of sp³-hybridized carbons (Fsp3) is 0. The maximum absolute atomic E-state index is 12.5. The van der Waals surface area contributed by atoms with Gasteiger partial charge in [0.05, 0.1) is 0 Å². The van der Waals surface area contributed by atoms with Gasteiger partial charge in [0, 0.05) is 15.6 Å². The van der Waals surface area contributed by atoms with E-state index in [1.165, 1.54) is 18.2 Å². The van der Waals surface area contributed by atoms with E-state index in [1.807, 2.05) is 0 Å². The van der Waals surface area contributed by atoms with E-state index in [0.29, 0.717) is 15.6 Å². The fourth-order valence-electron chi connectivity index (χ4n) is 0.710. The highest BCUT2D eigenvalue weighted by atomic mass is 35.5. The van der Waals surface area contributed by atoms with Crippen LogP contribution in [0, 0.1) is 0 Å². The van der Waals surface area contributed by atoms with Crippen LogP contribution in [0.5, 0.6) is 0 Å². The zero-order valence-corrected chi connectivity index (χ0v) is 7.08. The molecule has 0 bridgehead atoms. The maximum Gasteiger partial charge on any atom is 0.123 e. The molecule has 3 heteroatoms. The Hall–Kier alpha value is -0.530. The topological polar surface area (TPSA) is 0 Å². The quantitative estimate of drug-likeness (QED) is 0.630. The number of hydrogen-bond donors (Lipinski definition) is 0. The molecule has 1 rings (SSSR count). The van der Waals surface area contributed by atoms with E-state index < -0.39 is 5.83 Å². The summed E-state index contributed by atoms with van der Waals surface area (Å²) in [7, 11) is 0. The van der Waals surface area contributed by atoms with Crippen LogP contribution in [0.4, 0.5) is 4.39 Å². The van der Waals surface area contributed by atoms with E-state index >= 15 is 0 Å². The summed E-state index contributed by atoms with van der Waals surface area (Å²) >= 11 is 11.2. The van der Waals surface area contributed by atoms with E-state index in [2.05, 4.69) is 6.58 Å². The molecule has 0 aliphatic rings. The number of benzene rings is 1. The summed E-state index contributed by atoms with van der Waals surface area (Å²) in [6.07, 6.45) is 0. The standard InChI is InChI=1S/C8H5Cl2F/c1-5(11)6-2-7(9)4-8(10)3-6/h2-4H,1H2. The van der Waals surface area contributed by atoms with E-state index in [4.69, 9.17) is 23.2 Å². The van der Waals surface area contributed by atoms with Gasteiger partial charge in [-0.25, -0.2) is 4.39 Å². The molecule has 0 N–H and O–H groups in total. The average molecular weight is 191 g/mol. The molecule has 0 nitrogen and oxygen atoms in total. The summed E-state index contributed by atoms with van der Waals surface area (Å²) < 4.78 is 12.5. The third kappa shape index (κ3) is 2.21. The first-order chi connectivity index (χ1) is 5.09. The van der Waals surface area contributed by atoms with E-state index in [-0.39, 0.29) is 0 Å². The van der Waals surface area contributed by atoms with Crippen LogP contribution < -0.4 is 0 Å². The Morgan fingerprint density at radius 1 is 1.18 bits per heavy atom. The summed E-state index contributed by atoms with van der Waals surface area (Å²) in [5.41, 5.74) is 0.322. The highest BCUT2D eigenvalue weighted by Crippen LogP contribution is 2.23. The minimum Gasteiger partial charge on any atom is -0.207 e. The largest absolute Gasteiger partial charge is 0.207 e. The zero-order chi connectivity index (χ0) is 8.43. The Morgan fingerprint density at radius 3 is 2.00 bits per heavy atom. The monoisotopic (exact) mass is 190 g/mol. The SMILES string of the molecule is C=C(F)c1cc(Cl)cc(Cl)c1. The summed E-state index contributed by atoms with van der Waals surface area (Å²) in [6.45, 7) is 3.12. The fourth-order valence-corrected chi connectivity index (χ4v) is 1.24. The molecule has 58 valence electrons. The second-order valence-electron chi connectivity index (χ2n) is 2.06. The van der Waals surface area contributed by atoms with Crippen molar-refractivity contribution in [2.75, 3.05) is 0 Å². The molecule has 0 radical (unpaired) electrons. The van der Waals surface area contributed by atoms with Crippen molar-refractivity contribution in [2.45, 2.75) is 0 Å². The Labute approximate surface area is 74.2 Å². The molecule has 0 fully saturated rings. The van der Waals surface area contributed by atoms with Gasteiger partial charge in [0.15, 0.2) is 0 Å². The van der Waals surface area contributed by atoms with Crippen LogP contribution in [-0.2, 0) is 0 Å². The number of rotatable bonds is 1. The van der Waals surface area contributed by atoms with Crippen LogP contribution in [0.25, 0.3) is 5.83 Å². The molecule has 1 aromatic rings. The molecule has 0 spiro atoms. The molecule has 1 aromatic carbocycles. The molecule has 0 saturated carbocycles. The first kappa shape index (κ1) is 8.57. The molecule has 0 unspecified atom stereocenters. The number of halogens is 3. The average Bonchev–Trinajstić information content (AvgIpc) is 1.85. The molecular formula is C8H5Cl2F. The Morgan fingerprint density at radius 2 is 1.64 bits per heavy atom. The van der Waals surface area contributed by atoms with Crippen LogP contribution in [0.15, 0.2) is 24.8 Å². The van der Waals surface area contributed by atoms with Crippen LogP contribution in [0.2, 0.25) is 10.0 Å². The van der Waals surface area contributed by atoms with Gasteiger partial charge in [-0.15, -0.1) is 0 Å². The Bertz CT molecular complexity index is 274. The summed E-state index contributed by atoms with van der Waals surface area (Å²) in [5.74, 6) is -0.533. The van der Waals surface area contributed by atoms with Gasteiger partial charge in [0.2, 0.25) is 0 Å². The lowest BCUT2D eigenvalue weighted by molar-refractivity contribution is 0.763. The third-order valence-corrected chi connectivity index (χ3v) is 1.61. The Balaban J connectivity index is 3.19. The first-order valence-electron chi connectivity index (χ1n) is 2.90. The number of hydrogen-bond acceptors (Lipinski definition) is 0. The molecule has 0 heterocycles. The third-order valence-electron chi connectivity index (χ3n) is 1.18. The maximum atomic E-state index is 12.5. The van der Waals surface area contributed by atoms with Crippen LogP contribution >= 0.6 is 23.2 Å². The zero-order valence-electron chi connectivity index (χ0n) is 5.57. The van der Waals surface area contributed by atoms with Crippen molar-refractivity contribution in [2.24, 2.45) is 0 Å². The Kier molecular flexibility index (Phi) is 2.53. The lowest BCUT2D eigenvalue weighted by Gasteiger charge is -1.97. The second-order valence-corrected chi connectivity index (χ2v) is 2.94. The lowest BCUT2D eigenvalue weighted by atomic mass is 10.2. The van der Waals surface area contributed by atoms with Gasteiger partial charge in [-0.1, -0.05) is 29.8 Å². The molecule has 0 aliphatic heterocycles. The van der Waals surface area contributed by atoms with Crippen molar-refractivity contribution < 1.29 is 4.39 Å². The molecule has 0 aliphatic carbocycles. The predicted octanol–water partition coefficient (Wildman–Crippen LogP) is 3.93. The molecule has 0 aromatic heterocycles. The van der Waals surface area contributed by atoms with Crippen molar-refractivity contribution in [3.63, 3.8) is 0 Å². The summed E-state index contributed by atoms with van der Waals surface area (Å²) in [5, 5.41) is 0.817. The van der Waals surface area contributed by atoms with Crippen molar-refractivity contribution in [1.82, 2.24) is 0 Å². The van der Waals surface area contributed by atoms with Crippen LogP contribution in [0.3, 0.4) is 0 Å². The second kappa shape index (κ2) is 3.24. The highest BCUT2D eigenvalue weighted by molar-refractivity contribution is 6.34. The molecule has 0 amide bonds. The van der Waals surface area contributed by atoms with Gasteiger partial charge >= 0.3 is 0 Å². The molecule has 11 heavy (non-hydrogen) atoms. The van der Waals surface area contributed by atoms with Crippen molar-refractivity contribution in [1.29, 1.82) is 0 Å². The minimum absolute atomic E-state index is 0.322. The molecule has 0 saturated heterocycles. The van der Waals surface area contributed by atoms with Crippen molar-refractivity contribution in [3.05, 3.63) is 40.4 Å². The lowest BCUT2D eigenvalue weighted by Crippen LogP contribution is -1.76. The predicted molar refractivity (Wildman–Crippen MR) is 46.6 cm³/mol. The summed E-state index contributed by atoms with van der Waals surface area (Å²) in [6, 6.07) is 4.47. The first-order valence-corrected chi connectivity index (χ1v) is 3.66. The smallest absolute Gasteiger partial charge is 0.123 e. The van der Waals surface area contributed by atoms with Gasteiger partial charge < -0.3 is 0 Å². The molecular weight excluding hydrogens is 186 g/mol. The van der Waals surface area contributed by atoms with Crippen molar-refractivity contribution >= 4 is 29.0 Å². The summed E-state index contributed by atoms with van der Waals surface area (Å²) in [4.78, 5) is 0. The van der Waals surface area contributed by atoms with Crippen LogP contribution in [-0.4, -0.2) is 0 Å². The van der Waals surface area contributed by atoms with Gasteiger partial charge in [0.1, 0.15) is 5.83 Å². The van der Waals surface area contributed by atoms with E-state index in [0.717, 1.165) is 0 Å². The van der Waals surface area contributed by atoms with Crippen molar-refractivity contribution in [3.8, 4) is 0 Å². The minimum atomic E-state index is -0.533.